The summed E-state index contributed by atoms with van der Waals surface area (Å²) in [5.74, 6) is 0.387. The largest absolute Gasteiger partial charge is 0.354 e. The normalized spacial score (nSPS) is 11.9. The number of benzene rings is 2. The molecular weight excluding hydrogens is 452 g/mol. The summed E-state index contributed by atoms with van der Waals surface area (Å²) in [6.07, 6.45) is 3.00. The number of halogens is 1. The number of rotatable bonds is 11. The van der Waals surface area contributed by atoms with Crippen LogP contribution in [0.25, 0.3) is 0 Å². The summed E-state index contributed by atoms with van der Waals surface area (Å²) in [5, 5.41) is 2.96. The molecule has 4 nitrogen and oxygen atoms in total. The van der Waals surface area contributed by atoms with Crippen molar-refractivity contribution in [2.45, 2.75) is 71.9 Å². The number of aryl methyl sites for hydroxylation is 1. The molecule has 0 fully saturated rings. The number of nitrogens with one attached hydrogen (secondary N) is 1. The standard InChI is InChI=1S/C26H35BrN2O2/c1-5-6-17-28-26(31)20(4)29(18-22-9-14-24(27)15-10-22)25(30)16-11-21-7-12-23(13-8-21)19(2)3/h7-10,12-15,19-20H,5-6,11,16-18H2,1-4H3,(H,28,31). The molecule has 0 aromatic heterocycles. The van der Waals surface area contributed by atoms with Crippen molar-refractivity contribution >= 4 is 27.7 Å². The highest BCUT2D eigenvalue weighted by Crippen LogP contribution is 2.18. The van der Waals surface area contributed by atoms with Gasteiger partial charge in [0.1, 0.15) is 6.04 Å². The van der Waals surface area contributed by atoms with Crippen molar-refractivity contribution in [3.63, 3.8) is 0 Å². The maximum absolute atomic E-state index is 13.2. The average Bonchev–Trinajstić information content (AvgIpc) is 2.77. The van der Waals surface area contributed by atoms with Gasteiger partial charge < -0.3 is 10.2 Å². The molecule has 2 amide bonds. The van der Waals surface area contributed by atoms with E-state index in [1.807, 2.05) is 31.2 Å². The molecule has 0 aliphatic carbocycles. The molecule has 31 heavy (non-hydrogen) atoms. The van der Waals surface area contributed by atoms with Gasteiger partial charge >= 0.3 is 0 Å². The number of unbranched alkanes of at least 4 members (excludes halogenated alkanes) is 1. The molecule has 1 unspecified atom stereocenters. The second-order valence-electron chi connectivity index (χ2n) is 8.36. The molecule has 0 bridgehead atoms. The quantitative estimate of drug-likeness (QED) is 0.405. The SMILES string of the molecule is CCCCNC(=O)C(C)N(Cc1ccc(Br)cc1)C(=O)CCc1ccc(C(C)C)cc1. The highest BCUT2D eigenvalue weighted by atomic mass is 79.9. The fourth-order valence-electron chi connectivity index (χ4n) is 3.37. The monoisotopic (exact) mass is 486 g/mol. The maximum atomic E-state index is 13.2. The van der Waals surface area contributed by atoms with Crippen LogP contribution in [0, 0.1) is 0 Å². The molecule has 0 saturated carbocycles. The third-order valence-corrected chi connectivity index (χ3v) is 6.07. The van der Waals surface area contributed by atoms with Crippen molar-refractivity contribution in [3.05, 3.63) is 69.7 Å². The van der Waals surface area contributed by atoms with Gasteiger partial charge in [0.2, 0.25) is 11.8 Å². The fourth-order valence-corrected chi connectivity index (χ4v) is 3.63. The zero-order valence-corrected chi connectivity index (χ0v) is 20.7. The lowest BCUT2D eigenvalue weighted by molar-refractivity contribution is -0.140. The van der Waals surface area contributed by atoms with Crippen LogP contribution < -0.4 is 5.32 Å². The number of amides is 2. The van der Waals surface area contributed by atoms with Gasteiger partial charge in [0.25, 0.3) is 0 Å². The first-order valence-corrected chi connectivity index (χ1v) is 12.0. The molecule has 2 aromatic rings. The predicted octanol–water partition coefficient (Wildman–Crippen LogP) is 5.84. The molecule has 2 aromatic carbocycles. The Morgan fingerprint density at radius 1 is 0.968 bits per heavy atom. The fraction of sp³-hybridized carbons (Fsp3) is 0.462. The molecule has 1 N–H and O–H groups in total. The highest BCUT2D eigenvalue weighted by molar-refractivity contribution is 9.10. The zero-order chi connectivity index (χ0) is 22.8. The van der Waals surface area contributed by atoms with Gasteiger partial charge in [-0.05, 0) is 54.5 Å². The maximum Gasteiger partial charge on any atom is 0.242 e. The van der Waals surface area contributed by atoms with E-state index < -0.39 is 6.04 Å². The molecule has 0 aliphatic rings. The Kier molecular flexibility index (Phi) is 10.3. The summed E-state index contributed by atoms with van der Waals surface area (Å²) in [4.78, 5) is 27.5. The van der Waals surface area contributed by atoms with Gasteiger partial charge in [0.05, 0.1) is 0 Å². The Morgan fingerprint density at radius 2 is 1.58 bits per heavy atom. The molecule has 168 valence electrons. The van der Waals surface area contributed by atoms with E-state index in [-0.39, 0.29) is 11.8 Å². The van der Waals surface area contributed by atoms with Gasteiger partial charge in [0.15, 0.2) is 0 Å². The molecular formula is C26H35BrN2O2. The Morgan fingerprint density at radius 3 is 2.16 bits per heavy atom. The molecule has 2 rings (SSSR count). The third-order valence-electron chi connectivity index (χ3n) is 5.54. The van der Waals surface area contributed by atoms with Gasteiger partial charge in [-0.3, -0.25) is 9.59 Å². The van der Waals surface area contributed by atoms with Gasteiger partial charge in [-0.25, -0.2) is 0 Å². The van der Waals surface area contributed by atoms with Crippen molar-refractivity contribution in [3.8, 4) is 0 Å². The molecule has 0 radical (unpaired) electrons. The van der Waals surface area contributed by atoms with Crippen LogP contribution in [-0.4, -0.2) is 29.3 Å². The first-order valence-electron chi connectivity index (χ1n) is 11.2. The van der Waals surface area contributed by atoms with Crippen molar-refractivity contribution in [2.75, 3.05) is 6.54 Å². The van der Waals surface area contributed by atoms with E-state index in [0.717, 1.165) is 28.4 Å². The molecule has 5 heteroatoms. The first kappa shape index (κ1) is 25.1. The summed E-state index contributed by atoms with van der Waals surface area (Å²) in [6, 6.07) is 15.8. The van der Waals surface area contributed by atoms with Gasteiger partial charge in [-0.15, -0.1) is 0 Å². The highest BCUT2D eigenvalue weighted by Gasteiger charge is 2.25. The van der Waals surface area contributed by atoms with E-state index in [9.17, 15) is 9.59 Å². The van der Waals surface area contributed by atoms with Gasteiger partial charge in [0, 0.05) is 24.0 Å². The summed E-state index contributed by atoms with van der Waals surface area (Å²) in [5.41, 5.74) is 3.44. The minimum absolute atomic E-state index is 0.00556. The van der Waals surface area contributed by atoms with E-state index in [1.54, 1.807) is 4.90 Å². The van der Waals surface area contributed by atoms with Crippen molar-refractivity contribution in [1.29, 1.82) is 0 Å². The van der Waals surface area contributed by atoms with Crippen LogP contribution >= 0.6 is 15.9 Å². The van der Waals surface area contributed by atoms with E-state index in [1.165, 1.54) is 5.56 Å². The zero-order valence-electron chi connectivity index (χ0n) is 19.2. The van der Waals surface area contributed by atoms with E-state index in [0.29, 0.717) is 31.8 Å². The number of hydrogen-bond donors (Lipinski definition) is 1. The molecule has 1 atom stereocenters. The topological polar surface area (TPSA) is 49.4 Å². The molecule has 0 spiro atoms. The molecule has 0 heterocycles. The molecule has 0 aliphatic heterocycles. The van der Waals surface area contributed by atoms with E-state index in [4.69, 9.17) is 0 Å². The van der Waals surface area contributed by atoms with Gasteiger partial charge in [-0.1, -0.05) is 79.5 Å². The van der Waals surface area contributed by atoms with Crippen LogP contribution in [-0.2, 0) is 22.6 Å². The third kappa shape index (κ3) is 8.13. The molecule has 0 saturated heterocycles. The van der Waals surface area contributed by atoms with Crippen LogP contribution in [0.15, 0.2) is 53.0 Å². The second-order valence-corrected chi connectivity index (χ2v) is 9.28. The minimum Gasteiger partial charge on any atom is -0.354 e. The summed E-state index contributed by atoms with van der Waals surface area (Å²) in [6.45, 7) is 9.31. The second kappa shape index (κ2) is 12.7. The van der Waals surface area contributed by atoms with E-state index >= 15 is 0 Å². The van der Waals surface area contributed by atoms with Crippen molar-refractivity contribution in [2.24, 2.45) is 0 Å². The van der Waals surface area contributed by atoms with Crippen LogP contribution in [0.5, 0.6) is 0 Å². The lowest BCUT2D eigenvalue weighted by Gasteiger charge is -2.29. The number of hydrogen-bond acceptors (Lipinski definition) is 2. The smallest absolute Gasteiger partial charge is 0.242 e. The Bertz CT molecular complexity index is 831. The predicted molar refractivity (Wildman–Crippen MR) is 131 cm³/mol. The summed E-state index contributed by atoms with van der Waals surface area (Å²) in [7, 11) is 0. The van der Waals surface area contributed by atoms with Crippen molar-refractivity contribution in [1.82, 2.24) is 10.2 Å². The number of nitrogens with zero attached hydrogens (tertiary/aromatic N) is 1. The summed E-state index contributed by atoms with van der Waals surface area (Å²) < 4.78 is 0.990. The lowest BCUT2D eigenvalue weighted by atomic mass is 10.00. The number of carbonyl (C=O) groups is 2. The van der Waals surface area contributed by atoms with Crippen LogP contribution in [0.4, 0.5) is 0 Å². The van der Waals surface area contributed by atoms with E-state index in [2.05, 4.69) is 66.3 Å². The Balaban J connectivity index is 2.08. The van der Waals surface area contributed by atoms with Crippen molar-refractivity contribution < 1.29 is 9.59 Å². The van der Waals surface area contributed by atoms with Gasteiger partial charge in [-0.2, -0.15) is 0 Å². The lowest BCUT2D eigenvalue weighted by Crippen LogP contribution is -2.47. The number of carbonyl (C=O) groups excluding carboxylic acids is 2. The summed E-state index contributed by atoms with van der Waals surface area (Å²) >= 11 is 3.45. The van der Waals surface area contributed by atoms with Crippen LogP contribution in [0.2, 0.25) is 0 Å². The van der Waals surface area contributed by atoms with Crippen LogP contribution in [0.1, 0.15) is 69.6 Å². The van der Waals surface area contributed by atoms with Crippen LogP contribution in [0.3, 0.4) is 0 Å². The average molecular weight is 487 g/mol. The first-order chi connectivity index (χ1) is 14.8. The minimum atomic E-state index is -0.517. The Hall–Kier alpha value is -2.14. The Labute approximate surface area is 195 Å².